The normalized spacial score (nSPS) is 26.8. The summed E-state index contributed by atoms with van der Waals surface area (Å²) in [6, 6.07) is 3.66. The molecule has 32 heavy (non-hydrogen) atoms. The quantitative estimate of drug-likeness (QED) is 0.739. The van der Waals surface area contributed by atoms with Crippen LogP contribution in [-0.2, 0) is 11.3 Å². The summed E-state index contributed by atoms with van der Waals surface area (Å²) in [6.45, 7) is 8.84. The number of nitrogens with zero attached hydrogens (tertiary/aromatic N) is 3. The Hall–Kier alpha value is -2.45. The van der Waals surface area contributed by atoms with Crippen LogP contribution in [0.1, 0.15) is 56.8 Å². The van der Waals surface area contributed by atoms with E-state index in [1.54, 1.807) is 18.3 Å². The lowest BCUT2D eigenvalue weighted by Gasteiger charge is -2.37. The average molecular weight is 443 g/mol. The summed E-state index contributed by atoms with van der Waals surface area (Å²) >= 11 is 0. The van der Waals surface area contributed by atoms with Crippen molar-refractivity contribution in [2.24, 2.45) is 5.92 Å². The lowest BCUT2D eigenvalue weighted by atomic mass is 9.87. The van der Waals surface area contributed by atoms with Gasteiger partial charge in [0.2, 0.25) is 0 Å². The van der Waals surface area contributed by atoms with E-state index in [4.69, 9.17) is 4.74 Å². The predicted molar refractivity (Wildman–Crippen MR) is 123 cm³/mol. The highest BCUT2D eigenvalue weighted by Crippen LogP contribution is 2.27. The molecular weight excluding hydrogens is 408 g/mol. The van der Waals surface area contributed by atoms with Gasteiger partial charge < -0.3 is 15.2 Å². The number of nitrogens with one attached hydrogen (secondary N) is 1. The topological polar surface area (TPSA) is 96.7 Å². The number of ether oxygens (including phenoxy) is 1. The van der Waals surface area contributed by atoms with Crippen molar-refractivity contribution in [3.8, 4) is 5.75 Å². The van der Waals surface area contributed by atoms with Gasteiger partial charge in [-0.25, -0.2) is 4.98 Å². The standard InChI is InChI=1S/C24H34N4O4/c1-15-6-8-18(9-7-15)26-23(30)20-21(29)19-5-4-10-25-22(19)28(24(20)31)12-11-27-13-14-32-17(3)16(27)2/h4-5,10,15-18,29H,6-9,11-14H2,1-3H3,(H,26,30)/t15-,16-,17+,18+/m0/s1. The summed E-state index contributed by atoms with van der Waals surface area (Å²) in [5.74, 6) is -0.130. The number of aromatic nitrogens is 2. The van der Waals surface area contributed by atoms with Gasteiger partial charge in [-0.15, -0.1) is 0 Å². The van der Waals surface area contributed by atoms with Crippen LogP contribution in [0.25, 0.3) is 11.0 Å². The highest BCUT2D eigenvalue weighted by Gasteiger charge is 2.28. The zero-order chi connectivity index (χ0) is 22.8. The molecule has 1 saturated carbocycles. The van der Waals surface area contributed by atoms with E-state index in [1.165, 1.54) is 4.57 Å². The number of carbonyl (C=O) groups is 1. The van der Waals surface area contributed by atoms with E-state index in [1.807, 2.05) is 0 Å². The van der Waals surface area contributed by atoms with Gasteiger partial charge in [0.25, 0.3) is 11.5 Å². The van der Waals surface area contributed by atoms with Gasteiger partial charge in [0.05, 0.1) is 18.1 Å². The molecule has 1 aliphatic heterocycles. The Kier molecular flexibility index (Phi) is 6.81. The Labute approximate surface area is 188 Å². The number of morpholine rings is 1. The first-order valence-electron chi connectivity index (χ1n) is 11.7. The number of rotatable bonds is 5. The second-order valence-electron chi connectivity index (χ2n) is 9.34. The van der Waals surface area contributed by atoms with Crippen LogP contribution in [0.4, 0.5) is 0 Å². The van der Waals surface area contributed by atoms with E-state index >= 15 is 0 Å². The molecule has 2 N–H and O–H groups in total. The molecular formula is C24H34N4O4. The minimum atomic E-state index is -0.500. The van der Waals surface area contributed by atoms with E-state index < -0.39 is 11.5 Å². The second-order valence-corrected chi connectivity index (χ2v) is 9.34. The third kappa shape index (κ3) is 4.52. The van der Waals surface area contributed by atoms with Gasteiger partial charge >= 0.3 is 0 Å². The monoisotopic (exact) mass is 442 g/mol. The van der Waals surface area contributed by atoms with Crippen molar-refractivity contribution in [1.29, 1.82) is 0 Å². The largest absolute Gasteiger partial charge is 0.506 e. The van der Waals surface area contributed by atoms with Crippen molar-refractivity contribution in [3.05, 3.63) is 34.2 Å². The fraction of sp³-hybridized carbons (Fsp3) is 0.625. The van der Waals surface area contributed by atoms with Gasteiger partial charge in [-0.05, 0) is 57.6 Å². The number of hydrogen-bond acceptors (Lipinski definition) is 6. The van der Waals surface area contributed by atoms with E-state index in [9.17, 15) is 14.7 Å². The Balaban J connectivity index is 1.63. The zero-order valence-corrected chi connectivity index (χ0v) is 19.2. The highest BCUT2D eigenvalue weighted by atomic mass is 16.5. The molecule has 8 nitrogen and oxygen atoms in total. The minimum absolute atomic E-state index is 0.0335. The first kappa shape index (κ1) is 22.7. The Bertz CT molecular complexity index is 1030. The molecule has 4 rings (SSSR count). The summed E-state index contributed by atoms with van der Waals surface area (Å²) < 4.78 is 7.23. The summed E-state index contributed by atoms with van der Waals surface area (Å²) in [5.41, 5.74) is -0.288. The molecule has 2 fully saturated rings. The summed E-state index contributed by atoms with van der Waals surface area (Å²) in [7, 11) is 0. The van der Waals surface area contributed by atoms with E-state index in [0.717, 1.165) is 32.2 Å². The van der Waals surface area contributed by atoms with E-state index in [0.29, 0.717) is 36.6 Å². The van der Waals surface area contributed by atoms with Crippen LogP contribution in [0.3, 0.4) is 0 Å². The molecule has 174 valence electrons. The Morgan fingerprint density at radius 3 is 2.72 bits per heavy atom. The number of carbonyl (C=O) groups excluding carboxylic acids is 1. The van der Waals surface area contributed by atoms with Crippen molar-refractivity contribution in [2.45, 2.75) is 71.2 Å². The summed E-state index contributed by atoms with van der Waals surface area (Å²) in [4.78, 5) is 33.2. The predicted octanol–water partition coefficient (Wildman–Crippen LogP) is 2.52. The Morgan fingerprint density at radius 1 is 1.22 bits per heavy atom. The van der Waals surface area contributed by atoms with Crippen LogP contribution in [0.2, 0.25) is 0 Å². The number of aromatic hydroxyl groups is 1. The molecule has 2 aromatic rings. The maximum atomic E-state index is 13.4. The molecule has 0 radical (unpaired) electrons. The molecule has 2 aromatic heterocycles. The molecule has 0 bridgehead atoms. The van der Waals surface area contributed by atoms with Gasteiger partial charge in [0.1, 0.15) is 17.0 Å². The first-order valence-corrected chi connectivity index (χ1v) is 11.7. The maximum Gasteiger partial charge on any atom is 0.268 e. The van der Waals surface area contributed by atoms with Crippen molar-refractivity contribution in [2.75, 3.05) is 19.7 Å². The average Bonchev–Trinajstić information content (AvgIpc) is 2.78. The molecule has 2 aliphatic rings. The zero-order valence-electron chi connectivity index (χ0n) is 19.2. The third-order valence-corrected chi connectivity index (χ3v) is 7.20. The van der Waals surface area contributed by atoms with Crippen LogP contribution >= 0.6 is 0 Å². The van der Waals surface area contributed by atoms with Gasteiger partial charge in [0, 0.05) is 37.9 Å². The van der Waals surface area contributed by atoms with Crippen molar-refractivity contribution in [1.82, 2.24) is 19.8 Å². The second kappa shape index (κ2) is 9.58. The molecule has 0 aromatic carbocycles. The van der Waals surface area contributed by atoms with Crippen LogP contribution in [0.5, 0.6) is 5.75 Å². The molecule has 1 aliphatic carbocycles. The lowest BCUT2D eigenvalue weighted by Crippen LogP contribution is -2.50. The number of fused-ring (bicyclic) bond motifs is 1. The van der Waals surface area contributed by atoms with Gasteiger partial charge in [-0.3, -0.25) is 19.1 Å². The summed E-state index contributed by atoms with van der Waals surface area (Å²) in [6.07, 6.45) is 5.61. The van der Waals surface area contributed by atoms with Crippen molar-refractivity contribution < 1.29 is 14.6 Å². The number of amides is 1. The minimum Gasteiger partial charge on any atom is -0.506 e. The van der Waals surface area contributed by atoms with Crippen LogP contribution in [-0.4, -0.2) is 63.3 Å². The number of pyridine rings is 2. The van der Waals surface area contributed by atoms with E-state index in [2.05, 4.69) is 36.0 Å². The SMILES string of the molecule is C[C@H]1OCCN(CCn2c(=O)c(C(=O)N[C@H]3CC[C@@H](C)CC3)c(O)c3cccnc32)[C@H]1C. The van der Waals surface area contributed by atoms with Gasteiger partial charge in [0.15, 0.2) is 0 Å². The Morgan fingerprint density at radius 2 is 1.97 bits per heavy atom. The molecule has 1 saturated heterocycles. The highest BCUT2D eigenvalue weighted by molar-refractivity contribution is 6.01. The van der Waals surface area contributed by atoms with Crippen LogP contribution in [0.15, 0.2) is 23.1 Å². The smallest absolute Gasteiger partial charge is 0.268 e. The van der Waals surface area contributed by atoms with Gasteiger partial charge in [-0.1, -0.05) is 6.92 Å². The molecule has 1 amide bonds. The first-order chi connectivity index (χ1) is 15.4. The number of hydrogen-bond donors (Lipinski definition) is 2. The third-order valence-electron chi connectivity index (χ3n) is 7.20. The molecule has 0 spiro atoms. The molecule has 8 heteroatoms. The van der Waals surface area contributed by atoms with Crippen molar-refractivity contribution in [3.63, 3.8) is 0 Å². The molecule has 0 unspecified atom stereocenters. The van der Waals surface area contributed by atoms with Gasteiger partial charge in [-0.2, -0.15) is 0 Å². The van der Waals surface area contributed by atoms with E-state index in [-0.39, 0.29) is 29.5 Å². The maximum absolute atomic E-state index is 13.4. The van der Waals surface area contributed by atoms with Crippen LogP contribution in [0, 0.1) is 5.92 Å². The van der Waals surface area contributed by atoms with Crippen LogP contribution < -0.4 is 10.9 Å². The fourth-order valence-corrected chi connectivity index (χ4v) is 4.88. The van der Waals surface area contributed by atoms with Crippen molar-refractivity contribution >= 4 is 16.9 Å². The molecule has 2 atom stereocenters. The molecule has 3 heterocycles. The fourth-order valence-electron chi connectivity index (χ4n) is 4.88. The summed E-state index contributed by atoms with van der Waals surface area (Å²) in [5, 5.41) is 14.3. The lowest BCUT2D eigenvalue weighted by molar-refractivity contribution is -0.0559.